The number of nitrogens with one attached hydrogen (secondary N) is 2. The summed E-state index contributed by atoms with van der Waals surface area (Å²) in [6.07, 6.45) is 7.53. The van der Waals surface area contributed by atoms with E-state index in [1.165, 1.54) is 12.8 Å². The number of rotatable bonds is 0. The molecule has 0 aromatic heterocycles. The fourth-order valence-electron chi connectivity index (χ4n) is 2.98. The highest BCUT2D eigenvalue weighted by molar-refractivity contribution is 5.23. The third kappa shape index (κ3) is 0.603. The first-order valence-corrected chi connectivity index (χ1v) is 4.60. The van der Waals surface area contributed by atoms with Crippen LogP contribution in [0.5, 0.6) is 0 Å². The maximum atomic E-state index is 3.62. The summed E-state index contributed by atoms with van der Waals surface area (Å²) >= 11 is 0. The van der Waals surface area contributed by atoms with Crippen molar-refractivity contribution in [2.75, 3.05) is 13.1 Å². The molecule has 2 bridgehead atoms. The fourth-order valence-corrected chi connectivity index (χ4v) is 2.98. The molecule has 1 saturated heterocycles. The van der Waals surface area contributed by atoms with Gasteiger partial charge in [-0.15, -0.1) is 0 Å². The molecule has 3 rings (SSSR count). The topological polar surface area (TPSA) is 24.1 Å². The van der Waals surface area contributed by atoms with Gasteiger partial charge in [0.05, 0.1) is 5.66 Å². The summed E-state index contributed by atoms with van der Waals surface area (Å²) in [7, 11) is 0. The quantitative estimate of drug-likeness (QED) is 0.491. The molecule has 2 N–H and O–H groups in total. The Morgan fingerprint density at radius 3 is 2.00 bits per heavy atom. The van der Waals surface area contributed by atoms with Gasteiger partial charge in [-0.3, -0.25) is 10.6 Å². The van der Waals surface area contributed by atoms with Crippen molar-refractivity contribution in [2.24, 2.45) is 11.8 Å². The Bertz CT molecular complexity index is 188. The van der Waals surface area contributed by atoms with Gasteiger partial charge in [0.15, 0.2) is 0 Å². The normalized spacial score (nSPS) is 44.4. The smallest absolute Gasteiger partial charge is 0.0816 e. The summed E-state index contributed by atoms with van der Waals surface area (Å²) < 4.78 is 0. The van der Waals surface area contributed by atoms with Crippen LogP contribution in [0.15, 0.2) is 12.2 Å². The highest BCUT2D eigenvalue weighted by atomic mass is 15.3. The predicted molar refractivity (Wildman–Crippen MR) is 44.1 cm³/mol. The van der Waals surface area contributed by atoms with Crippen LogP contribution in [-0.4, -0.2) is 18.8 Å². The van der Waals surface area contributed by atoms with E-state index < -0.39 is 0 Å². The van der Waals surface area contributed by atoms with Gasteiger partial charge in [-0.25, -0.2) is 0 Å². The average molecular weight is 150 g/mol. The van der Waals surface area contributed by atoms with Crippen LogP contribution >= 0.6 is 0 Å². The lowest BCUT2D eigenvalue weighted by Gasteiger charge is -2.30. The second kappa shape index (κ2) is 1.87. The minimum Gasteiger partial charge on any atom is -0.297 e. The molecule has 2 heteroatoms. The minimum absolute atomic E-state index is 0.306. The van der Waals surface area contributed by atoms with E-state index in [-0.39, 0.29) is 0 Å². The van der Waals surface area contributed by atoms with Crippen molar-refractivity contribution >= 4 is 0 Å². The highest BCUT2D eigenvalue weighted by Crippen LogP contribution is 2.46. The van der Waals surface area contributed by atoms with Crippen LogP contribution in [-0.2, 0) is 0 Å². The molecule has 1 saturated carbocycles. The first-order chi connectivity index (χ1) is 5.42. The van der Waals surface area contributed by atoms with Crippen molar-refractivity contribution in [3.8, 4) is 0 Å². The van der Waals surface area contributed by atoms with E-state index in [0.29, 0.717) is 5.66 Å². The second-order valence-corrected chi connectivity index (χ2v) is 3.90. The molecule has 11 heavy (non-hydrogen) atoms. The van der Waals surface area contributed by atoms with E-state index in [2.05, 4.69) is 22.8 Å². The summed E-state index contributed by atoms with van der Waals surface area (Å²) in [6, 6.07) is 0. The molecule has 2 unspecified atom stereocenters. The van der Waals surface area contributed by atoms with Gasteiger partial charge in [0.2, 0.25) is 0 Å². The van der Waals surface area contributed by atoms with Crippen molar-refractivity contribution in [1.82, 2.24) is 10.6 Å². The first kappa shape index (κ1) is 6.21. The molecule has 1 spiro atoms. The van der Waals surface area contributed by atoms with Gasteiger partial charge in [-0.1, -0.05) is 12.2 Å². The monoisotopic (exact) mass is 150 g/mol. The molecular formula is C9H14N2. The van der Waals surface area contributed by atoms with Gasteiger partial charge in [-0.05, 0) is 12.8 Å². The number of hydrogen-bond acceptors (Lipinski definition) is 2. The fraction of sp³-hybridized carbons (Fsp3) is 0.778. The van der Waals surface area contributed by atoms with Crippen LogP contribution in [0.4, 0.5) is 0 Å². The Balaban J connectivity index is 1.99. The van der Waals surface area contributed by atoms with E-state index in [0.717, 1.165) is 24.9 Å². The van der Waals surface area contributed by atoms with Crippen LogP contribution in [0, 0.1) is 11.8 Å². The molecule has 0 radical (unpaired) electrons. The van der Waals surface area contributed by atoms with Crippen molar-refractivity contribution < 1.29 is 0 Å². The van der Waals surface area contributed by atoms with E-state index in [4.69, 9.17) is 0 Å². The molecule has 2 atom stereocenters. The molecule has 60 valence electrons. The lowest BCUT2D eigenvalue weighted by Crippen LogP contribution is -2.53. The molecule has 2 fully saturated rings. The Hall–Kier alpha value is -0.340. The molecule has 0 aromatic rings. The SMILES string of the molecule is C1=CC2CCC1C21NCCN1. The molecule has 0 aromatic carbocycles. The molecule has 1 aliphatic heterocycles. The lowest BCUT2D eigenvalue weighted by atomic mass is 9.98. The van der Waals surface area contributed by atoms with Gasteiger partial charge in [0.1, 0.15) is 0 Å². The third-order valence-corrected chi connectivity index (χ3v) is 3.49. The van der Waals surface area contributed by atoms with Crippen LogP contribution in [0.2, 0.25) is 0 Å². The van der Waals surface area contributed by atoms with Gasteiger partial charge in [0.25, 0.3) is 0 Å². The van der Waals surface area contributed by atoms with Crippen LogP contribution in [0.25, 0.3) is 0 Å². The van der Waals surface area contributed by atoms with Crippen molar-refractivity contribution in [3.05, 3.63) is 12.2 Å². The van der Waals surface area contributed by atoms with Crippen LogP contribution < -0.4 is 10.6 Å². The maximum absolute atomic E-state index is 3.62. The molecule has 0 amide bonds. The second-order valence-electron chi connectivity index (χ2n) is 3.90. The summed E-state index contributed by atoms with van der Waals surface area (Å²) in [4.78, 5) is 0. The summed E-state index contributed by atoms with van der Waals surface area (Å²) in [5, 5.41) is 7.24. The summed E-state index contributed by atoms with van der Waals surface area (Å²) in [6.45, 7) is 2.30. The lowest BCUT2D eigenvalue weighted by molar-refractivity contribution is 0.262. The predicted octanol–water partition coefficient (Wildman–Crippen LogP) is 0.471. The molecule has 3 aliphatic rings. The molecule has 1 heterocycles. The summed E-state index contributed by atoms with van der Waals surface area (Å²) in [5.74, 6) is 1.55. The molecule has 2 nitrogen and oxygen atoms in total. The zero-order valence-corrected chi connectivity index (χ0v) is 6.64. The average Bonchev–Trinajstić information content (AvgIpc) is 2.72. The van der Waals surface area contributed by atoms with Crippen LogP contribution in [0.3, 0.4) is 0 Å². The Morgan fingerprint density at radius 2 is 1.55 bits per heavy atom. The summed E-state index contributed by atoms with van der Waals surface area (Å²) in [5.41, 5.74) is 0.306. The van der Waals surface area contributed by atoms with Crippen molar-refractivity contribution in [1.29, 1.82) is 0 Å². The zero-order chi connectivity index (χ0) is 7.31. The zero-order valence-electron chi connectivity index (χ0n) is 6.64. The van der Waals surface area contributed by atoms with E-state index in [1.807, 2.05) is 0 Å². The maximum Gasteiger partial charge on any atom is 0.0816 e. The standard InChI is InChI=1S/C9H14N2/c1-2-8-4-3-7(1)9(8)10-5-6-11-9/h1-2,7-8,10-11H,3-6H2. The van der Waals surface area contributed by atoms with E-state index in [9.17, 15) is 0 Å². The largest absolute Gasteiger partial charge is 0.297 e. The van der Waals surface area contributed by atoms with Gasteiger partial charge in [-0.2, -0.15) is 0 Å². The minimum atomic E-state index is 0.306. The Labute approximate surface area is 67.1 Å². The third-order valence-electron chi connectivity index (χ3n) is 3.49. The van der Waals surface area contributed by atoms with Gasteiger partial charge >= 0.3 is 0 Å². The highest BCUT2D eigenvalue weighted by Gasteiger charge is 2.52. The van der Waals surface area contributed by atoms with Gasteiger partial charge < -0.3 is 0 Å². The van der Waals surface area contributed by atoms with Crippen molar-refractivity contribution in [2.45, 2.75) is 18.5 Å². The Kier molecular flexibility index (Phi) is 1.06. The Morgan fingerprint density at radius 1 is 1.00 bits per heavy atom. The van der Waals surface area contributed by atoms with E-state index in [1.54, 1.807) is 0 Å². The first-order valence-electron chi connectivity index (χ1n) is 4.60. The molecule has 2 aliphatic carbocycles. The van der Waals surface area contributed by atoms with E-state index >= 15 is 0 Å². The van der Waals surface area contributed by atoms with Gasteiger partial charge in [0, 0.05) is 24.9 Å². The van der Waals surface area contributed by atoms with Crippen molar-refractivity contribution in [3.63, 3.8) is 0 Å². The molecular weight excluding hydrogens is 136 g/mol. The number of hydrogen-bond donors (Lipinski definition) is 2. The van der Waals surface area contributed by atoms with Crippen LogP contribution in [0.1, 0.15) is 12.8 Å².